The maximum absolute atomic E-state index is 13.9. The third kappa shape index (κ3) is 3.76. The van der Waals surface area contributed by atoms with E-state index in [4.69, 9.17) is 11.6 Å². The number of alkyl halides is 3. The van der Waals surface area contributed by atoms with Crippen molar-refractivity contribution in [1.82, 2.24) is 14.5 Å². The molecule has 6 nitrogen and oxygen atoms in total. The number of sulfonamides is 1. The molecule has 1 aromatic carbocycles. The largest absolute Gasteiger partial charge is 0.401 e. The Morgan fingerprint density at radius 2 is 1.77 bits per heavy atom. The fraction of sp³-hybridized carbons (Fsp3) is 0.333. The van der Waals surface area contributed by atoms with Gasteiger partial charge in [-0.15, -0.1) is 0 Å². The van der Waals surface area contributed by atoms with Crippen LogP contribution in [0.1, 0.15) is 22.7 Å². The quantitative estimate of drug-likeness (QED) is 0.840. The summed E-state index contributed by atoms with van der Waals surface area (Å²) in [5.74, 6) is -2.36. The van der Waals surface area contributed by atoms with Gasteiger partial charge in [0.25, 0.3) is 5.56 Å². The molecule has 0 fully saturated rings. The predicted molar refractivity (Wildman–Crippen MR) is 89.8 cm³/mol. The molecule has 0 aliphatic carbocycles. The highest BCUT2D eigenvalue weighted by atomic mass is 35.5. The van der Waals surface area contributed by atoms with Crippen LogP contribution in [-0.2, 0) is 17.1 Å². The molecule has 0 bridgehead atoms. The van der Waals surface area contributed by atoms with Gasteiger partial charge in [-0.3, -0.25) is 4.79 Å². The van der Waals surface area contributed by atoms with E-state index in [1.807, 2.05) is 4.72 Å². The zero-order valence-electron chi connectivity index (χ0n) is 13.9. The minimum Gasteiger partial charge on any atom is -0.267 e. The van der Waals surface area contributed by atoms with E-state index in [1.54, 1.807) is 0 Å². The topological polar surface area (TPSA) is 81.1 Å². The van der Waals surface area contributed by atoms with Crippen LogP contribution in [0.25, 0.3) is 0 Å². The Hall–Kier alpha value is -1.91. The predicted octanol–water partition coefficient (Wildman–Crippen LogP) is 2.34. The number of rotatable bonds is 4. The van der Waals surface area contributed by atoms with Crippen LogP contribution in [0.5, 0.6) is 0 Å². The highest BCUT2D eigenvalue weighted by molar-refractivity contribution is 7.89. The smallest absolute Gasteiger partial charge is 0.267 e. The second-order valence-corrected chi connectivity index (χ2v) is 7.76. The molecule has 1 unspecified atom stereocenters. The number of hydrogen-bond acceptors (Lipinski definition) is 4. The summed E-state index contributed by atoms with van der Waals surface area (Å²) >= 11 is 5.73. The average Bonchev–Trinajstić information content (AvgIpc) is 2.53. The summed E-state index contributed by atoms with van der Waals surface area (Å²) in [4.78, 5) is 11.3. The first-order valence-corrected chi connectivity index (χ1v) is 9.09. The Morgan fingerprint density at radius 3 is 2.23 bits per heavy atom. The molecule has 0 aliphatic heterocycles. The summed E-state index contributed by atoms with van der Waals surface area (Å²) < 4.78 is 68.9. The van der Waals surface area contributed by atoms with E-state index in [0.717, 1.165) is 33.2 Å². The lowest BCUT2D eigenvalue weighted by Gasteiger charge is -2.23. The van der Waals surface area contributed by atoms with Gasteiger partial charge in [-0.2, -0.15) is 18.3 Å². The summed E-state index contributed by atoms with van der Waals surface area (Å²) in [6.07, 6.45) is -4.86. The van der Waals surface area contributed by atoms with Crippen molar-refractivity contribution in [1.29, 1.82) is 0 Å². The molecule has 0 aliphatic rings. The monoisotopic (exact) mass is 409 g/mol. The molecule has 0 saturated carbocycles. The van der Waals surface area contributed by atoms with Crippen LogP contribution in [0.4, 0.5) is 13.2 Å². The van der Waals surface area contributed by atoms with Gasteiger partial charge in [0, 0.05) is 17.6 Å². The van der Waals surface area contributed by atoms with Gasteiger partial charge in [0.2, 0.25) is 10.0 Å². The van der Waals surface area contributed by atoms with Crippen LogP contribution in [0.3, 0.4) is 0 Å². The molecule has 1 aromatic heterocycles. The van der Waals surface area contributed by atoms with Gasteiger partial charge in [0.15, 0.2) is 0 Å². The highest BCUT2D eigenvalue weighted by Gasteiger charge is 2.46. The molecule has 1 atom stereocenters. The summed E-state index contributed by atoms with van der Waals surface area (Å²) in [7, 11) is -2.17. The molecule has 1 heterocycles. The first-order valence-electron chi connectivity index (χ1n) is 7.23. The maximum Gasteiger partial charge on any atom is 0.401 e. The van der Waals surface area contributed by atoms with Crippen molar-refractivity contribution in [3.63, 3.8) is 0 Å². The van der Waals surface area contributed by atoms with Crippen LogP contribution in [-0.4, -0.2) is 31.4 Å². The lowest BCUT2D eigenvalue weighted by molar-refractivity contribution is -0.142. The van der Waals surface area contributed by atoms with Crippen molar-refractivity contribution in [2.75, 3.05) is 7.05 Å². The van der Waals surface area contributed by atoms with E-state index in [9.17, 15) is 26.4 Å². The fourth-order valence-electron chi connectivity index (χ4n) is 2.57. The molecule has 1 N–H and O–H groups in total. The number of nitrogens with zero attached hydrogens (tertiary/aromatic N) is 2. The molecule has 26 heavy (non-hydrogen) atoms. The minimum atomic E-state index is -4.86. The molecule has 0 radical (unpaired) electrons. The summed E-state index contributed by atoms with van der Waals surface area (Å²) in [6.45, 7) is 1.15. The lowest BCUT2D eigenvalue weighted by Crippen LogP contribution is -2.34. The van der Waals surface area contributed by atoms with E-state index < -0.39 is 38.3 Å². The highest BCUT2D eigenvalue weighted by Crippen LogP contribution is 2.41. The lowest BCUT2D eigenvalue weighted by atomic mass is 9.94. The van der Waals surface area contributed by atoms with Gasteiger partial charge in [-0.05, 0) is 31.7 Å². The van der Waals surface area contributed by atoms with Crippen LogP contribution in [0, 0.1) is 6.92 Å². The van der Waals surface area contributed by atoms with Crippen molar-refractivity contribution < 1.29 is 21.6 Å². The molecule has 2 aromatic rings. The first kappa shape index (κ1) is 20.4. The van der Waals surface area contributed by atoms with Crippen molar-refractivity contribution in [2.45, 2.75) is 23.9 Å². The van der Waals surface area contributed by atoms with E-state index in [-0.39, 0.29) is 16.1 Å². The second-order valence-electron chi connectivity index (χ2n) is 5.50. The molecule has 0 amide bonds. The number of benzene rings is 1. The van der Waals surface area contributed by atoms with E-state index in [1.165, 1.54) is 12.1 Å². The molecule has 0 saturated heterocycles. The number of nitrogens with one attached hydrogen (secondary N) is 1. The molecule has 11 heteroatoms. The standard InChI is InChI=1S/C15H15ClF3N3O3S/c1-8-13(26(24,25)20-2)12(21-22(3)14(8)23)11(15(17,18)19)9-4-6-10(16)7-5-9/h4-7,11,20H,1-3H3. The zero-order chi connectivity index (χ0) is 19.9. The second kappa shape index (κ2) is 7.01. The normalized spacial score (nSPS) is 13.7. The Kier molecular flexibility index (Phi) is 5.50. The van der Waals surface area contributed by atoms with Crippen LogP contribution in [0.2, 0.25) is 5.02 Å². The van der Waals surface area contributed by atoms with Gasteiger partial charge in [0.05, 0.1) is 5.69 Å². The Labute approximate surface area is 152 Å². The fourth-order valence-corrected chi connectivity index (χ4v) is 3.83. The van der Waals surface area contributed by atoms with Gasteiger partial charge in [-0.1, -0.05) is 23.7 Å². The van der Waals surface area contributed by atoms with Crippen molar-refractivity contribution in [2.24, 2.45) is 7.05 Å². The van der Waals surface area contributed by atoms with Gasteiger partial charge < -0.3 is 0 Å². The Bertz CT molecular complexity index is 986. The minimum absolute atomic E-state index is 0.224. The van der Waals surface area contributed by atoms with Crippen molar-refractivity contribution in [3.05, 3.63) is 56.5 Å². The van der Waals surface area contributed by atoms with Crippen LogP contribution in [0.15, 0.2) is 34.0 Å². The van der Waals surface area contributed by atoms with Gasteiger partial charge in [-0.25, -0.2) is 17.8 Å². The molecule has 2 rings (SSSR count). The third-order valence-electron chi connectivity index (χ3n) is 3.79. The van der Waals surface area contributed by atoms with Gasteiger partial charge >= 0.3 is 6.18 Å². The first-order chi connectivity index (χ1) is 11.9. The van der Waals surface area contributed by atoms with Crippen LogP contribution >= 0.6 is 11.6 Å². The van der Waals surface area contributed by atoms with E-state index >= 15 is 0 Å². The van der Waals surface area contributed by atoms with E-state index in [2.05, 4.69) is 5.10 Å². The van der Waals surface area contributed by atoms with E-state index in [0.29, 0.717) is 4.68 Å². The number of aromatic nitrogens is 2. The zero-order valence-corrected chi connectivity index (χ0v) is 15.5. The summed E-state index contributed by atoms with van der Waals surface area (Å²) in [5, 5.41) is 3.87. The van der Waals surface area contributed by atoms with Crippen LogP contribution < -0.4 is 10.3 Å². The third-order valence-corrected chi connectivity index (χ3v) is 5.63. The summed E-state index contributed by atoms with van der Waals surface area (Å²) in [6, 6.07) is 4.80. The number of hydrogen-bond donors (Lipinski definition) is 1. The molecule has 142 valence electrons. The number of aryl methyl sites for hydroxylation is 1. The molecule has 0 spiro atoms. The van der Waals surface area contributed by atoms with Gasteiger partial charge in [0.1, 0.15) is 10.8 Å². The Morgan fingerprint density at radius 1 is 1.23 bits per heavy atom. The van der Waals surface area contributed by atoms with Crippen molar-refractivity contribution in [3.8, 4) is 0 Å². The average molecular weight is 410 g/mol. The Balaban J connectivity index is 2.93. The SMILES string of the molecule is CNS(=O)(=O)c1c(C(c2ccc(Cl)cc2)C(F)(F)F)nn(C)c(=O)c1C. The number of halogens is 4. The van der Waals surface area contributed by atoms with Crippen molar-refractivity contribution >= 4 is 21.6 Å². The maximum atomic E-state index is 13.9. The summed E-state index contributed by atoms with van der Waals surface area (Å²) in [5.41, 5.74) is -2.19. The molecular weight excluding hydrogens is 395 g/mol. The molecular formula is C15H15ClF3N3O3S.